The Morgan fingerprint density at radius 1 is 1.18 bits per heavy atom. The van der Waals surface area contributed by atoms with Gasteiger partial charge in [-0.05, 0) is 35.4 Å². The molecular formula is C20H21N5O3. The molecule has 0 spiro atoms. The van der Waals surface area contributed by atoms with Crippen LogP contribution in [0.5, 0.6) is 5.75 Å². The molecule has 4 rings (SSSR count). The van der Waals surface area contributed by atoms with E-state index in [4.69, 9.17) is 9.26 Å². The van der Waals surface area contributed by atoms with E-state index in [2.05, 4.69) is 20.4 Å². The Balaban J connectivity index is 1.33. The van der Waals surface area contributed by atoms with Crippen molar-refractivity contribution < 1.29 is 14.1 Å². The van der Waals surface area contributed by atoms with Crippen molar-refractivity contribution >= 4 is 5.91 Å². The molecular weight excluding hydrogens is 358 g/mol. The van der Waals surface area contributed by atoms with Crippen LogP contribution in [0.4, 0.5) is 0 Å². The van der Waals surface area contributed by atoms with Gasteiger partial charge in [0, 0.05) is 32.4 Å². The monoisotopic (exact) mass is 379 g/mol. The van der Waals surface area contributed by atoms with Gasteiger partial charge in [-0.2, -0.15) is 4.98 Å². The number of pyridine rings is 1. The fraction of sp³-hybridized carbons (Fsp3) is 0.300. The average Bonchev–Trinajstić information content (AvgIpc) is 3.19. The van der Waals surface area contributed by atoms with Gasteiger partial charge in [-0.25, -0.2) is 0 Å². The number of hydrogen-bond acceptors (Lipinski definition) is 7. The first-order chi connectivity index (χ1) is 13.7. The second-order valence-corrected chi connectivity index (χ2v) is 6.72. The molecule has 1 N–H and O–H groups in total. The lowest BCUT2D eigenvalue weighted by atomic mass is 10.1. The Hall–Kier alpha value is -3.26. The molecule has 3 heterocycles. The van der Waals surface area contributed by atoms with Crippen LogP contribution >= 0.6 is 0 Å². The molecule has 1 atom stereocenters. The van der Waals surface area contributed by atoms with Gasteiger partial charge in [0.05, 0.1) is 6.54 Å². The maximum absolute atomic E-state index is 11.6. The van der Waals surface area contributed by atoms with Gasteiger partial charge in [0.2, 0.25) is 11.8 Å². The predicted octanol–water partition coefficient (Wildman–Crippen LogP) is 1.74. The molecule has 1 fully saturated rings. The lowest BCUT2D eigenvalue weighted by Crippen LogP contribution is -2.47. The topological polar surface area (TPSA) is 93.4 Å². The van der Waals surface area contributed by atoms with Gasteiger partial charge in [-0.1, -0.05) is 17.3 Å². The minimum absolute atomic E-state index is 0.0576. The zero-order valence-corrected chi connectivity index (χ0v) is 15.5. The van der Waals surface area contributed by atoms with Crippen molar-refractivity contribution in [2.75, 3.05) is 20.1 Å². The maximum Gasteiger partial charge on any atom is 0.245 e. The zero-order chi connectivity index (χ0) is 19.3. The van der Waals surface area contributed by atoms with Crippen molar-refractivity contribution in [3.8, 4) is 5.75 Å². The number of piperazine rings is 1. The molecule has 0 bridgehead atoms. The fourth-order valence-corrected chi connectivity index (χ4v) is 2.96. The predicted molar refractivity (Wildman–Crippen MR) is 100 cm³/mol. The summed E-state index contributed by atoms with van der Waals surface area (Å²) in [5.41, 5.74) is 2.13. The Morgan fingerprint density at radius 3 is 2.71 bits per heavy atom. The molecule has 144 valence electrons. The lowest BCUT2D eigenvalue weighted by Gasteiger charge is -2.28. The Kier molecular flexibility index (Phi) is 5.29. The molecule has 0 saturated carbocycles. The number of carbonyl (C=O) groups excluding carboxylic acids is 1. The number of ether oxygens (including phenoxy) is 1. The highest BCUT2D eigenvalue weighted by Crippen LogP contribution is 2.18. The molecule has 1 unspecified atom stereocenters. The molecule has 8 nitrogen and oxygen atoms in total. The minimum atomic E-state index is -0.132. The van der Waals surface area contributed by atoms with Crippen LogP contribution in [-0.2, 0) is 17.8 Å². The van der Waals surface area contributed by atoms with E-state index in [0.29, 0.717) is 31.3 Å². The molecule has 2 aromatic heterocycles. The first-order valence-corrected chi connectivity index (χ1v) is 9.08. The van der Waals surface area contributed by atoms with Crippen LogP contribution in [0.3, 0.4) is 0 Å². The largest absolute Gasteiger partial charge is 0.489 e. The first-order valence-electron chi connectivity index (χ1n) is 9.08. The normalized spacial score (nSPS) is 17.0. The number of hydrogen-bond donors (Lipinski definition) is 1. The number of nitrogens with zero attached hydrogens (tertiary/aromatic N) is 4. The van der Waals surface area contributed by atoms with E-state index >= 15 is 0 Å². The van der Waals surface area contributed by atoms with Crippen LogP contribution in [0.15, 0.2) is 53.3 Å². The van der Waals surface area contributed by atoms with Crippen LogP contribution in [0, 0.1) is 0 Å². The van der Waals surface area contributed by atoms with E-state index in [1.807, 2.05) is 36.4 Å². The van der Waals surface area contributed by atoms with Gasteiger partial charge in [0.25, 0.3) is 0 Å². The SMILES string of the molecule is CN1CC(c2nc(Cc3ccc(OCc4ccncc4)cc3)no2)NCC1=O. The lowest BCUT2D eigenvalue weighted by molar-refractivity contribution is -0.131. The van der Waals surface area contributed by atoms with Gasteiger partial charge in [-0.15, -0.1) is 0 Å². The first kappa shape index (κ1) is 18.1. The fourth-order valence-electron chi connectivity index (χ4n) is 2.96. The standard InChI is InChI=1S/C20H21N5O3/c1-25-12-17(22-11-19(25)26)20-23-18(24-28-20)10-14-2-4-16(5-3-14)27-13-15-6-8-21-9-7-15/h2-9,17,22H,10-13H2,1H3. The molecule has 3 aromatic rings. The van der Waals surface area contributed by atoms with Crippen molar-refractivity contribution in [1.29, 1.82) is 0 Å². The van der Waals surface area contributed by atoms with Gasteiger partial charge in [0.15, 0.2) is 5.82 Å². The number of carbonyl (C=O) groups is 1. The van der Waals surface area contributed by atoms with E-state index in [0.717, 1.165) is 16.9 Å². The maximum atomic E-state index is 11.6. The van der Waals surface area contributed by atoms with E-state index in [-0.39, 0.29) is 18.5 Å². The highest BCUT2D eigenvalue weighted by Gasteiger charge is 2.27. The number of likely N-dealkylation sites (N-methyl/N-ethyl adjacent to an activating group) is 1. The molecule has 1 aliphatic rings. The second kappa shape index (κ2) is 8.18. The van der Waals surface area contributed by atoms with Crippen LogP contribution in [0.2, 0.25) is 0 Å². The summed E-state index contributed by atoms with van der Waals surface area (Å²) >= 11 is 0. The molecule has 0 aliphatic carbocycles. The summed E-state index contributed by atoms with van der Waals surface area (Å²) in [7, 11) is 1.77. The van der Waals surface area contributed by atoms with Crippen molar-refractivity contribution in [2.24, 2.45) is 0 Å². The quantitative estimate of drug-likeness (QED) is 0.697. The summed E-state index contributed by atoms with van der Waals surface area (Å²) in [6, 6.07) is 11.6. The smallest absolute Gasteiger partial charge is 0.245 e. The second-order valence-electron chi connectivity index (χ2n) is 6.72. The zero-order valence-electron chi connectivity index (χ0n) is 15.5. The summed E-state index contributed by atoms with van der Waals surface area (Å²) < 4.78 is 11.2. The third-order valence-electron chi connectivity index (χ3n) is 4.60. The molecule has 8 heteroatoms. The van der Waals surface area contributed by atoms with Crippen molar-refractivity contribution in [1.82, 2.24) is 25.3 Å². The summed E-state index contributed by atoms with van der Waals surface area (Å²) in [6.07, 6.45) is 4.06. The van der Waals surface area contributed by atoms with Gasteiger partial charge in [-0.3, -0.25) is 15.1 Å². The summed E-state index contributed by atoms with van der Waals surface area (Å²) in [5, 5.41) is 7.18. The number of rotatable bonds is 6. The van der Waals surface area contributed by atoms with E-state index < -0.39 is 0 Å². The van der Waals surface area contributed by atoms with Crippen LogP contribution in [0.1, 0.15) is 28.9 Å². The van der Waals surface area contributed by atoms with Crippen molar-refractivity contribution in [3.63, 3.8) is 0 Å². The summed E-state index contributed by atoms with van der Waals surface area (Å²) in [4.78, 5) is 21.7. The summed E-state index contributed by atoms with van der Waals surface area (Å²) in [5.74, 6) is 1.98. The van der Waals surface area contributed by atoms with Crippen LogP contribution in [-0.4, -0.2) is 46.1 Å². The van der Waals surface area contributed by atoms with Crippen LogP contribution < -0.4 is 10.1 Å². The van der Waals surface area contributed by atoms with Gasteiger partial charge < -0.3 is 14.2 Å². The molecule has 1 amide bonds. The Bertz CT molecular complexity index is 927. The average molecular weight is 379 g/mol. The molecule has 1 aliphatic heterocycles. The highest BCUT2D eigenvalue weighted by atomic mass is 16.5. The van der Waals surface area contributed by atoms with E-state index in [1.165, 1.54) is 0 Å². The molecule has 1 aromatic carbocycles. The molecule has 28 heavy (non-hydrogen) atoms. The van der Waals surface area contributed by atoms with Gasteiger partial charge >= 0.3 is 0 Å². The van der Waals surface area contributed by atoms with Crippen molar-refractivity contribution in [3.05, 3.63) is 71.6 Å². The molecule has 0 radical (unpaired) electrons. The Morgan fingerprint density at radius 2 is 1.96 bits per heavy atom. The highest BCUT2D eigenvalue weighted by molar-refractivity contribution is 5.78. The number of amides is 1. The van der Waals surface area contributed by atoms with Gasteiger partial charge in [0.1, 0.15) is 18.4 Å². The van der Waals surface area contributed by atoms with E-state index in [1.54, 1.807) is 24.3 Å². The number of benzene rings is 1. The third kappa shape index (κ3) is 4.34. The number of aromatic nitrogens is 3. The Labute approximate surface area is 162 Å². The van der Waals surface area contributed by atoms with E-state index in [9.17, 15) is 4.79 Å². The van der Waals surface area contributed by atoms with Crippen molar-refractivity contribution in [2.45, 2.75) is 19.1 Å². The minimum Gasteiger partial charge on any atom is -0.489 e. The summed E-state index contributed by atoms with van der Waals surface area (Å²) in [6.45, 7) is 1.30. The third-order valence-corrected chi connectivity index (χ3v) is 4.60. The van der Waals surface area contributed by atoms with Crippen LogP contribution in [0.25, 0.3) is 0 Å². The number of nitrogens with one attached hydrogen (secondary N) is 1. The molecule has 1 saturated heterocycles.